The lowest BCUT2D eigenvalue weighted by molar-refractivity contribution is 0.413. The molecule has 0 unspecified atom stereocenters. The Kier molecular flexibility index (Phi) is 8.91. The summed E-state index contributed by atoms with van der Waals surface area (Å²) in [6.07, 6.45) is 0. The van der Waals surface area contributed by atoms with E-state index in [1.165, 1.54) is 29.3 Å². The van der Waals surface area contributed by atoms with Crippen LogP contribution in [0.4, 0.5) is 0 Å². The zero-order chi connectivity index (χ0) is 29.1. The fourth-order valence-electron chi connectivity index (χ4n) is 4.30. The SMILES string of the molecule is CC(C)(C/N=C(/NS(=O)(=O)c1ccc(Cl)cc1)N1C[C@H](c2ccccc2)C(c2ccc(Cl)cc2)=N1)CS(N)(=O)=O. The third-order valence-electron chi connectivity index (χ3n) is 6.10. The number of nitrogens with one attached hydrogen (secondary N) is 1. The number of aliphatic imine (C=N–C) groups is 1. The average molecular weight is 623 g/mol. The predicted molar refractivity (Wildman–Crippen MR) is 160 cm³/mol. The third-order valence-corrected chi connectivity index (χ3v) is 9.13. The van der Waals surface area contributed by atoms with Crippen molar-refractivity contribution in [2.75, 3.05) is 18.8 Å². The Hall–Kier alpha value is -2.96. The Morgan fingerprint density at radius 3 is 2.12 bits per heavy atom. The lowest BCUT2D eigenvalue weighted by Crippen LogP contribution is -2.42. The molecular formula is C27H29Cl2N5O4S2. The highest BCUT2D eigenvalue weighted by molar-refractivity contribution is 7.90. The molecule has 0 radical (unpaired) electrons. The van der Waals surface area contributed by atoms with Crippen LogP contribution in [0.1, 0.15) is 30.9 Å². The second-order valence-corrected chi connectivity index (χ2v) is 14.4. The summed E-state index contributed by atoms with van der Waals surface area (Å²) in [5, 5.41) is 12.5. The molecule has 212 valence electrons. The highest BCUT2D eigenvalue weighted by atomic mass is 35.5. The first-order valence-corrected chi connectivity index (χ1v) is 16.2. The van der Waals surface area contributed by atoms with Gasteiger partial charge in [0.05, 0.1) is 22.9 Å². The molecule has 0 saturated heterocycles. The van der Waals surface area contributed by atoms with Gasteiger partial charge in [0.1, 0.15) is 0 Å². The molecule has 13 heteroatoms. The molecule has 3 aromatic rings. The molecule has 1 heterocycles. The number of hydrogen-bond acceptors (Lipinski definition) is 6. The van der Waals surface area contributed by atoms with Crippen molar-refractivity contribution in [2.24, 2.45) is 20.6 Å². The van der Waals surface area contributed by atoms with E-state index in [0.29, 0.717) is 15.8 Å². The first-order chi connectivity index (χ1) is 18.7. The van der Waals surface area contributed by atoms with Crippen molar-refractivity contribution in [1.29, 1.82) is 0 Å². The minimum absolute atomic E-state index is 0.0193. The van der Waals surface area contributed by atoms with Gasteiger partial charge in [0.2, 0.25) is 16.0 Å². The van der Waals surface area contributed by atoms with Gasteiger partial charge in [0, 0.05) is 22.5 Å². The standard InChI is InChI=1S/C27H29Cl2N5O4S2/c1-27(2,18-39(30,35)36)17-31-26(33-40(37,38)23-14-12-22(29)13-15-23)34-16-24(19-6-4-3-5-7-19)25(32-34)20-8-10-21(28)11-9-20/h3-15,24H,16-18H2,1-2H3,(H,31,33)(H2,30,35,36)/t24-/m1/s1. The Morgan fingerprint density at radius 1 is 0.975 bits per heavy atom. The number of rotatable bonds is 8. The van der Waals surface area contributed by atoms with Crippen LogP contribution < -0.4 is 9.86 Å². The monoisotopic (exact) mass is 621 g/mol. The normalized spacial score (nSPS) is 16.6. The van der Waals surface area contributed by atoms with Crippen molar-refractivity contribution in [3.05, 3.63) is 100 Å². The van der Waals surface area contributed by atoms with Crippen LogP contribution in [0.2, 0.25) is 10.0 Å². The van der Waals surface area contributed by atoms with Gasteiger partial charge in [-0.1, -0.05) is 79.5 Å². The van der Waals surface area contributed by atoms with Crippen LogP contribution in [0.25, 0.3) is 0 Å². The van der Waals surface area contributed by atoms with E-state index in [4.69, 9.17) is 33.4 Å². The first kappa shape index (κ1) is 30.0. The largest absolute Gasteiger partial charge is 0.264 e. The lowest BCUT2D eigenvalue weighted by Gasteiger charge is -2.24. The number of guanidine groups is 1. The minimum atomic E-state index is -4.10. The highest BCUT2D eigenvalue weighted by Crippen LogP contribution is 2.30. The quantitative estimate of drug-likeness (QED) is 0.283. The van der Waals surface area contributed by atoms with Crippen molar-refractivity contribution in [1.82, 2.24) is 9.73 Å². The van der Waals surface area contributed by atoms with Gasteiger partial charge in [-0.25, -0.2) is 31.7 Å². The minimum Gasteiger partial charge on any atom is -0.250 e. The van der Waals surface area contributed by atoms with Gasteiger partial charge < -0.3 is 0 Å². The second-order valence-electron chi connectivity index (χ2n) is 10.2. The first-order valence-electron chi connectivity index (χ1n) is 12.2. The Labute approximate surface area is 244 Å². The van der Waals surface area contributed by atoms with Crippen molar-refractivity contribution in [3.8, 4) is 0 Å². The lowest BCUT2D eigenvalue weighted by atomic mass is 9.91. The van der Waals surface area contributed by atoms with Crippen molar-refractivity contribution >= 4 is 54.9 Å². The number of hydrogen-bond donors (Lipinski definition) is 2. The second kappa shape index (κ2) is 11.9. The maximum atomic E-state index is 13.4. The summed E-state index contributed by atoms with van der Waals surface area (Å²) in [5.41, 5.74) is 1.61. The molecule has 4 rings (SSSR count). The molecule has 40 heavy (non-hydrogen) atoms. The van der Waals surface area contributed by atoms with Crippen LogP contribution >= 0.6 is 23.2 Å². The van der Waals surface area contributed by atoms with Crippen LogP contribution in [0.3, 0.4) is 0 Å². The smallest absolute Gasteiger partial charge is 0.250 e. The number of nitrogens with two attached hydrogens (primary N) is 1. The van der Waals surface area contributed by atoms with Crippen molar-refractivity contribution in [3.63, 3.8) is 0 Å². The molecule has 0 aliphatic carbocycles. The van der Waals surface area contributed by atoms with Crippen LogP contribution in [-0.4, -0.2) is 52.4 Å². The van der Waals surface area contributed by atoms with E-state index < -0.39 is 25.5 Å². The topological polar surface area (TPSA) is 134 Å². The van der Waals surface area contributed by atoms with E-state index in [1.807, 2.05) is 42.5 Å². The molecule has 3 aromatic carbocycles. The van der Waals surface area contributed by atoms with E-state index in [1.54, 1.807) is 26.0 Å². The van der Waals surface area contributed by atoms with Gasteiger partial charge in [-0.2, -0.15) is 5.10 Å². The third kappa shape index (κ3) is 7.82. The fourth-order valence-corrected chi connectivity index (χ4v) is 6.76. The number of halogens is 2. The van der Waals surface area contributed by atoms with Gasteiger partial charge in [0.15, 0.2) is 0 Å². The molecule has 0 spiro atoms. The Balaban J connectivity index is 1.76. The van der Waals surface area contributed by atoms with Crippen molar-refractivity contribution in [2.45, 2.75) is 24.7 Å². The molecule has 0 saturated carbocycles. The van der Waals surface area contributed by atoms with E-state index in [0.717, 1.165) is 11.1 Å². The maximum Gasteiger partial charge on any atom is 0.264 e. The van der Waals surface area contributed by atoms with Gasteiger partial charge in [-0.15, -0.1) is 0 Å². The molecule has 0 amide bonds. The van der Waals surface area contributed by atoms with Gasteiger partial charge in [-0.05, 0) is 52.9 Å². The summed E-state index contributed by atoms with van der Waals surface area (Å²) in [5.74, 6) is -0.612. The summed E-state index contributed by atoms with van der Waals surface area (Å²) >= 11 is 12.1. The maximum absolute atomic E-state index is 13.4. The molecule has 0 fully saturated rings. The molecule has 3 N–H and O–H groups in total. The van der Waals surface area contributed by atoms with E-state index in [-0.39, 0.29) is 35.6 Å². The zero-order valence-electron chi connectivity index (χ0n) is 21.8. The highest BCUT2D eigenvalue weighted by Gasteiger charge is 2.34. The molecular weight excluding hydrogens is 593 g/mol. The molecule has 1 atom stereocenters. The summed E-state index contributed by atoms with van der Waals surface area (Å²) in [7, 11) is -7.89. The van der Waals surface area contributed by atoms with Crippen LogP contribution in [0.15, 0.2) is 93.9 Å². The molecule has 1 aliphatic heterocycles. The van der Waals surface area contributed by atoms with Gasteiger partial charge in [-0.3, -0.25) is 4.99 Å². The molecule has 0 bridgehead atoms. The predicted octanol–water partition coefficient (Wildman–Crippen LogP) is 4.45. The van der Waals surface area contributed by atoms with Crippen LogP contribution in [-0.2, 0) is 20.0 Å². The molecule has 9 nitrogen and oxygen atoms in total. The summed E-state index contributed by atoms with van der Waals surface area (Å²) in [6.45, 7) is 3.61. The zero-order valence-corrected chi connectivity index (χ0v) is 25.0. The number of hydrazone groups is 1. The average Bonchev–Trinajstić information content (AvgIpc) is 3.32. The number of sulfonamides is 2. The summed E-state index contributed by atoms with van der Waals surface area (Å²) in [6, 6.07) is 22.6. The van der Waals surface area contributed by atoms with Gasteiger partial charge >= 0.3 is 0 Å². The fraction of sp³-hybridized carbons (Fsp3) is 0.259. The summed E-state index contributed by atoms with van der Waals surface area (Å²) in [4.78, 5) is 4.52. The van der Waals surface area contributed by atoms with Crippen molar-refractivity contribution < 1.29 is 16.8 Å². The Morgan fingerprint density at radius 2 is 1.55 bits per heavy atom. The summed E-state index contributed by atoms with van der Waals surface area (Å²) < 4.78 is 52.8. The Bertz CT molecular complexity index is 1630. The van der Waals surface area contributed by atoms with Crippen LogP contribution in [0.5, 0.6) is 0 Å². The van der Waals surface area contributed by atoms with E-state index in [9.17, 15) is 16.8 Å². The number of benzene rings is 3. The molecule has 0 aromatic heterocycles. The number of primary sulfonamides is 1. The van der Waals surface area contributed by atoms with E-state index in [2.05, 4.69) is 9.71 Å². The van der Waals surface area contributed by atoms with E-state index >= 15 is 0 Å². The van der Waals surface area contributed by atoms with Crippen LogP contribution in [0, 0.1) is 5.41 Å². The van der Waals surface area contributed by atoms with Gasteiger partial charge in [0.25, 0.3) is 10.0 Å². The number of nitrogens with zero attached hydrogens (tertiary/aromatic N) is 3. The molecule has 1 aliphatic rings.